The number of hydrogen-bond donors (Lipinski definition) is 2. The van der Waals surface area contributed by atoms with Crippen LogP contribution in [-0.4, -0.2) is 4.98 Å². The van der Waals surface area contributed by atoms with Crippen LogP contribution in [-0.2, 0) is 0 Å². The van der Waals surface area contributed by atoms with Gasteiger partial charge in [-0.1, -0.05) is 0 Å². The Morgan fingerprint density at radius 1 is 1.09 bits per heavy atom. The highest BCUT2D eigenvalue weighted by Crippen LogP contribution is 2.19. The molecule has 1 heterocycles. The number of nitrogens with zero attached hydrogens (tertiary/aromatic N) is 1. The molecule has 0 unspecified atom stereocenters. The van der Waals surface area contributed by atoms with E-state index < -0.39 is 11.6 Å². The molecule has 0 saturated heterocycles. The fourth-order valence-electron chi connectivity index (χ4n) is 0.708. The Bertz CT molecular complexity index is 272. The van der Waals surface area contributed by atoms with Crippen LogP contribution in [0.15, 0.2) is 0 Å². The van der Waals surface area contributed by atoms with Crippen LogP contribution >= 0.6 is 0 Å². The molecule has 0 fully saturated rings. The molecule has 0 aliphatic heterocycles. The monoisotopic (exact) mass is 159 g/mol. The maximum Gasteiger partial charge on any atom is 0.171 e. The molecule has 11 heavy (non-hydrogen) atoms. The summed E-state index contributed by atoms with van der Waals surface area (Å²) in [6, 6.07) is 0. The van der Waals surface area contributed by atoms with Crippen LogP contribution in [0.5, 0.6) is 0 Å². The van der Waals surface area contributed by atoms with Crippen LogP contribution in [0.1, 0.15) is 5.56 Å². The van der Waals surface area contributed by atoms with Gasteiger partial charge in [-0.2, -0.15) is 0 Å². The molecule has 0 atom stereocenters. The smallest absolute Gasteiger partial charge is 0.171 e. The Kier molecular flexibility index (Phi) is 1.64. The van der Waals surface area contributed by atoms with Crippen molar-refractivity contribution in [1.29, 1.82) is 0 Å². The van der Waals surface area contributed by atoms with Gasteiger partial charge in [-0.05, 0) is 6.92 Å². The summed E-state index contributed by atoms with van der Waals surface area (Å²) in [5.41, 5.74) is 9.92. The lowest BCUT2D eigenvalue weighted by molar-refractivity contribution is 0.566. The van der Waals surface area contributed by atoms with Gasteiger partial charge in [0.2, 0.25) is 0 Å². The van der Waals surface area contributed by atoms with E-state index in [4.69, 9.17) is 11.5 Å². The number of pyridine rings is 1. The van der Waals surface area contributed by atoms with Crippen LogP contribution in [0.4, 0.5) is 20.4 Å². The fourth-order valence-corrected chi connectivity index (χ4v) is 0.708. The molecular weight excluding hydrogens is 152 g/mol. The molecule has 0 bridgehead atoms. The van der Waals surface area contributed by atoms with Crippen LogP contribution in [0, 0.1) is 18.6 Å². The quantitative estimate of drug-likeness (QED) is 0.589. The zero-order chi connectivity index (χ0) is 8.59. The van der Waals surface area contributed by atoms with Crippen LogP contribution in [0.25, 0.3) is 0 Å². The Morgan fingerprint density at radius 3 is 1.82 bits per heavy atom. The summed E-state index contributed by atoms with van der Waals surface area (Å²) >= 11 is 0. The van der Waals surface area contributed by atoms with Crippen molar-refractivity contribution in [1.82, 2.24) is 4.98 Å². The van der Waals surface area contributed by atoms with E-state index in [2.05, 4.69) is 4.98 Å². The highest BCUT2D eigenvalue weighted by molar-refractivity contribution is 5.45. The largest absolute Gasteiger partial charge is 0.381 e. The summed E-state index contributed by atoms with van der Waals surface area (Å²) < 4.78 is 25.4. The summed E-state index contributed by atoms with van der Waals surface area (Å²) in [6.45, 7) is 1.25. The lowest BCUT2D eigenvalue weighted by atomic mass is 10.2. The number of aromatic nitrogens is 1. The number of nitrogens with two attached hydrogens (primary N) is 2. The second-order valence-electron chi connectivity index (χ2n) is 2.14. The van der Waals surface area contributed by atoms with Gasteiger partial charge in [-0.25, -0.2) is 13.8 Å². The van der Waals surface area contributed by atoms with Crippen molar-refractivity contribution in [3.8, 4) is 0 Å². The minimum Gasteiger partial charge on any atom is -0.381 e. The first-order valence-electron chi connectivity index (χ1n) is 2.90. The topological polar surface area (TPSA) is 64.9 Å². The van der Waals surface area contributed by atoms with Crippen LogP contribution in [0.3, 0.4) is 0 Å². The Balaban J connectivity index is 3.46. The Morgan fingerprint density at radius 2 is 1.45 bits per heavy atom. The van der Waals surface area contributed by atoms with Gasteiger partial charge >= 0.3 is 0 Å². The van der Waals surface area contributed by atoms with Gasteiger partial charge in [-0.15, -0.1) is 0 Å². The number of rotatable bonds is 0. The van der Waals surface area contributed by atoms with Crippen LogP contribution < -0.4 is 11.5 Å². The fraction of sp³-hybridized carbons (Fsp3) is 0.167. The number of nitrogen functional groups attached to an aromatic ring is 2. The van der Waals surface area contributed by atoms with E-state index in [0.717, 1.165) is 0 Å². The predicted molar refractivity (Wildman–Crippen MR) is 37.7 cm³/mol. The molecule has 60 valence electrons. The summed E-state index contributed by atoms with van der Waals surface area (Å²) in [5, 5.41) is 0. The average molecular weight is 159 g/mol. The summed E-state index contributed by atoms with van der Waals surface area (Å²) in [6.07, 6.45) is 0. The second kappa shape index (κ2) is 2.34. The standard InChI is InChI=1S/C6H7F2N3/c1-2-3(7)5(9)11-6(10)4(2)8/h1H3,(H4,9,10,11). The SMILES string of the molecule is Cc1c(F)c(N)nc(N)c1F. The van der Waals surface area contributed by atoms with E-state index in [1.165, 1.54) is 6.92 Å². The van der Waals surface area contributed by atoms with Gasteiger partial charge in [-0.3, -0.25) is 0 Å². The van der Waals surface area contributed by atoms with Gasteiger partial charge in [0.1, 0.15) is 0 Å². The first-order chi connectivity index (χ1) is 5.04. The molecule has 1 aromatic rings. The number of halogens is 2. The highest BCUT2D eigenvalue weighted by Gasteiger charge is 2.12. The molecule has 0 saturated carbocycles. The third kappa shape index (κ3) is 1.09. The van der Waals surface area contributed by atoms with Crippen molar-refractivity contribution in [2.75, 3.05) is 11.5 Å². The maximum atomic E-state index is 12.7. The second-order valence-corrected chi connectivity index (χ2v) is 2.14. The molecular formula is C6H7F2N3. The van der Waals surface area contributed by atoms with E-state index >= 15 is 0 Å². The lowest BCUT2D eigenvalue weighted by Crippen LogP contribution is -2.05. The molecule has 1 aromatic heterocycles. The molecule has 4 N–H and O–H groups in total. The minimum atomic E-state index is -0.850. The highest BCUT2D eigenvalue weighted by atomic mass is 19.1. The van der Waals surface area contributed by atoms with Crippen molar-refractivity contribution >= 4 is 11.6 Å². The minimum absolute atomic E-state index is 0.199. The van der Waals surface area contributed by atoms with E-state index in [1.807, 2.05) is 0 Å². The summed E-state index contributed by atoms with van der Waals surface area (Å²) in [7, 11) is 0. The third-order valence-corrected chi connectivity index (χ3v) is 1.35. The molecule has 0 aliphatic rings. The Labute approximate surface area is 62.0 Å². The molecule has 3 nitrogen and oxygen atoms in total. The van der Waals surface area contributed by atoms with Gasteiger partial charge < -0.3 is 11.5 Å². The van der Waals surface area contributed by atoms with Gasteiger partial charge in [0, 0.05) is 5.56 Å². The van der Waals surface area contributed by atoms with Crippen molar-refractivity contribution in [3.63, 3.8) is 0 Å². The van der Waals surface area contributed by atoms with E-state index in [0.29, 0.717) is 0 Å². The number of hydrogen-bond acceptors (Lipinski definition) is 3. The maximum absolute atomic E-state index is 12.7. The molecule has 1 rings (SSSR count). The third-order valence-electron chi connectivity index (χ3n) is 1.35. The Hall–Kier alpha value is -1.39. The van der Waals surface area contributed by atoms with Crippen molar-refractivity contribution < 1.29 is 8.78 Å². The van der Waals surface area contributed by atoms with E-state index in [1.54, 1.807) is 0 Å². The van der Waals surface area contributed by atoms with E-state index in [-0.39, 0.29) is 17.2 Å². The molecule has 0 aliphatic carbocycles. The zero-order valence-corrected chi connectivity index (χ0v) is 5.86. The first kappa shape index (κ1) is 7.71. The first-order valence-corrected chi connectivity index (χ1v) is 2.90. The van der Waals surface area contributed by atoms with Crippen molar-refractivity contribution in [2.45, 2.75) is 6.92 Å². The van der Waals surface area contributed by atoms with Crippen LogP contribution in [0.2, 0.25) is 0 Å². The summed E-state index contributed by atoms with van der Waals surface area (Å²) in [5.74, 6) is -2.45. The zero-order valence-electron chi connectivity index (χ0n) is 5.86. The molecule has 0 radical (unpaired) electrons. The lowest BCUT2D eigenvalue weighted by Gasteiger charge is -2.02. The molecule has 0 aromatic carbocycles. The normalized spacial score (nSPS) is 10.1. The molecule has 0 amide bonds. The van der Waals surface area contributed by atoms with Gasteiger partial charge in [0.15, 0.2) is 23.3 Å². The molecule has 5 heteroatoms. The number of anilines is 2. The van der Waals surface area contributed by atoms with E-state index in [9.17, 15) is 8.78 Å². The van der Waals surface area contributed by atoms with Crippen molar-refractivity contribution in [3.05, 3.63) is 17.2 Å². The molecule has 0 spiro atoms. The van der Waals surface area contributed by atoms with Gasteiger partial charge in [0.25, 0.3) is 0 Å². The van der Waals surface area contributed by atoms with Crippen molar-refractivity contribution in [2.24, 2.45) is 0 Å². The van der Waals surface area contributed by atoms with Gasteiger partial charge in [0.05, 0.1) is 0 Å². The summed E-state index contributed by atoms with van der Waals surface area (Å²) in [4.78, 5) is 3.24. The average Bonchev–Trinajstić information content (AvgIpc) is 1.97. The predicted octanol–water partition coefficient (Wildman–Crippen LogP) is 0.833.